The molecule has 2 heteroatoms. The quantitative estimate of drug-likeness (QED) is 0.808. The van der Waals surface area contributed by atoms with Gasteiger partial charge in [0.05, 0.1) is 0 Å². The molecule has 1 unspecified atom stereocenters. The van der Waals surface area contributed by atoms with Gasteiger partial charge in [-0.3, -0.25) is 4.79 Å². The summed E-state index contributed by atoms with van der Waals surface area (Å²) < 4.78 is 0. The Hall–Kier alpha value is -2.09. The van der Waals surface area contributed by atoms with Gasteiger partial charge in [0.2, 0.25) is 5.91 Å². The minimum Gasteiger partial charge on any atom is -0.326 e. The molecule has 0 bridgehead atoms. The molecular weight excluding hydrogens is 222 g/mol. The van der Waals surface area contributed by atoms with Gasteiger partial charge in [-0.2, -0.15) is 0 Å². The second kappa shape index (κ2) is 4.30. The summed E-state index contributed by atoms with van der Waals surface area (Å²) in [6.45, 7) is 2.08. The molecule has 0 saturated heterocycles. The van der Waals surface area contributed by atoms with Crippen LogP contribution in [0, 0.1) is 6.92 Å². The van der Waals surface area contributed by atoms with E-state index >= 15 is 0 Å². The van der Waals surface area contributed by atoms with E-state index in [1.807, 2.05) is 30.3 Å². The molecule has 18 heavy (non-hydrogen) atoms. The molecule has 1 amide bonds. The number of carbonyl (C=O) groups is 1. The van der Waals surface area contributed by atoms with Crippen molar-refractivity contribution in [2.24, 2.45) is 0 Å². The first-order valence-electron chi connectivity index (χ1n) is 6.19. The van der Waals surface area contributed by atoms with Crippen molar-refractivity contribution in [3.8, 4) is 0 Å². The number of amides is 1. The smallest absolute Gasteiger partial charge is 0.225 e. The molecule has 1 N–H and O–H groups in total. The molecule has 0 radical (unpaired) electrons. The highest BCUT2D eigenvalue weighted by atomic mass is 16.1. The van der Waals surface area contributed by atoms with Crippen molar-refractivity contribution in [1.82, 2.24) is 0 Å². The number of carbonyl (C=O) groups excluding carboxylic acids is 1. The molecule has 2 nitrogen and oxygen atoms in total. The average molecular weight is 237 g/mol. The highest BCUT2D eigenvalue weighted by Crippen LogP contribution is 2.37. The second-order valence-corrected chi connectivity index (χ2v) is 4.81. The van der Waals surface area contributed by atoms with Gasteiger partial charge in [0.25, 0.3) is 0 Å². The van der Waals surface area contributed by atoms with Crippen LogP contribution in [-0.4, -0.2) is 5.91 Å². The summed E-state index contributed by atoms with van der Waals surface area (Å²) in [6, 6.07) is 16.4. The molecule has 0 fully saturated rings. The lowest BCUT2D eigenvalue weighted by Gasteiger charge is -2.26. The largest absolute Gasteiger partial charge is 0.326 e. The molecule has 1 heterocycles. The molecule has 1 atom stereocenters. The fraction of sp³-hybridized carbons (Fsp3) is 0.188. The Morgan fingerprint density at radius 2 is 1.89 bits per heavy atom. The van der Waals surface area contributed by atoms with Crippen molar-refractivity contribution >= 4 is 11.6 Å². The number of aryl methyl sites for hydroxylation is 1. The molecule has 2 aromatic rings. The van der Waals surface area contributed by atoms with Crippen LogP contribution in [-0.2, 0) is 4.79 Å². The molecule has 0 aliphatic carbocycles. The van der Waals surface area contributed by atoms with Crippen LogP contribution < -0.4 is 5.32 Å². The van der Waals surface area contributed by atoms with Crippen molar-refractivity contribution in [2.75, 3.05) is 5.32 Å². The highest BCUT2D eigenvalue weighted by Gasteiger charge is 2.26. The maximum Gasteiger partial charge on any atom is 0.225 e. The lowest BCUT2D eigenvalue weighted by Crippen LogP contribution is -2.23. The fourth-order valence-corrected chi connectivity index (χ4v) is 2.56. The van der Waals surface area contributed by atoms with Crippen molar-refractivity contribution < 1.29 is 4.79 Å². The van der Waals surface area contributed by atoms with Crippen molar-refractivity contribution in [3.05, 3.63) is 65.2 Å². The molecule has 1 aliphatic heterocycles. The van der Waals surface area contributed by atoms with E-state index in [0.717, 1.165) is 5.69 Å². The zero-order valence-electron chi connectivity index (χ0n) is 10.3. The van der Waals surface area contributed by atoms with Crippen LogP contribution >= 0.6 is 0 Å². The predicted octanol–water partition coefficient (Wildman–Crippen LogP) is 3.47. The van der Waals surface area contributed by atoms with E-state index < -0.39 is 0 Å². The normalized spacial score (nSPS) is 18.1. The van der Waals surface area contributed by atoms with Crippen LogP contribution in [0.1, 0.15) is 29.0 Å². The van der Waals surface area contributed by atoms with Gasteiger partial charge in [0, 0.05) is 18.0 Å². The van der Waals surface area contributed by atoms with Gasteiger partial charge in [-0.05, 0) is 24.1 Å². The number of nitrogens with one attached hydrogen (secondary N) is 1. The summed E-state index contributed by atoms with van der Waals surface area (Å²) in [5, 5.41) is 2.95. The SMILES string of the molecule is Cc1ccc2c(c1)C(c1ccccc1)CC(=O)N2. The lowest BCUT2D eigenvalue weighted by atomic mass is 9.84. The number of anilines is 1. The molecule has 3 rings (SSSR count). The monoisotopic (exact) mass is 237 g/mol. The minimum atomic E-state index is 0.0974. The molecule has 1 aliphatic rings. The van der Waals surface area contributed by atoms with Gasteiger partial charge < -0.3 is 5.32 Å². The zero-order chi connectivity index (χ0) is 12.5. The first-order valence-corrected chi connectivity index (χ1v) is 6.19. The van der Waals surface area contributed by atoms with E-state index in [1.54, 1.807) is 0 Å². The van der Waals surface area contributed by atoms with Gasteiger partial charge in [-0.25, -0.2) is 0 Å². The first-order chi connectivity index (χ1) is 8.74. The van der Waals surface area contributed by atoms with Gasteiger partial charge in [0.1, 0.15) is 0 Å². The topological polar surface area (TPSA) is 29.1 Å². The van der Waals surface area contributed by atoms with Crippen LogP contribution in [0.3, 0.4) is 0 Å². The summed E-state index contributed by atoms with van der Waals surface area (Å²) in [4.78, 5) is 11.8. The van der Waals surface area contributed by atoms with E-state index in [9.17, 15) is 4.79 Å². The average Bonchev–Trinajstić information content (AvgIpc) is 2.39. The standard InChI is InChI=1S/C16H15NO/c1-11-7-8-15-14(9-11)13(10-16(18)17-15)12-5-3-2-4-6-12/h2-9,13H,10H2,1H3,(H,17,18). The molecule has 2 aromatic carbocycles. The van der Waals surface area contributed by atoms with Crippen LogP contribution in [0.5, 0.6) is 0 Å². The van der Waals surface area contributed by atoms with Crippen LogP contribution in [0.4, 0.5) is 5.69 Å². The third kappa shape index (κ3) is 1.90. The summed E-state index contributed by atoms with van der Waals surface area (Å²) >= 11 is 0. The van der Waals surface area contributed by atoms with E-state index in [1.165, 1.54) is 16.7 Å². The Bertz CT molecular complexity index is 589. The van der Waals surface area contributed by atoms with Crippen molar-refractivity contribution in [3.63, 3.8) is 0 Å². The lowest BCUT2D eigenvalue weighted by molar-refractivity contribution is -0.116. The number of fused-ring (bicyclic) bond motifs is 1. The van der Waals surface area contributed by atoms with Crippen molar-refractivity contribution in [2.45, 2.75) is 19.3 Å². The number of hydrogen-bond acceptors (Lipinski definition) is 1. The number of hydrogen-bond donors (Lipinski definition) is 1. The maximum atomic E-state index is 11.8. The van der Waals surface area contributed by atoms with Crippen LogP contribution in [0.15, 0.2) is 48.5 Å². The summed E-state index contributed by atoms with van der Waals surface area (Å²) in [7, 11) is 0. The highest BCUT2D eigenvalue weighted by molar-refractivity contribution is 5.95. The maximum absolute atomic E-state index is 11.8. The summed E-state index contributed by atoms with van der Waals surface area (Å²) in [5.41, 5.74) is 4.61. The summed E-state index contributed by atoms with van der Waals surface area (Å²) in [5.74, 6) is 0.273. The van der Waals surface area contributed by atoms with Crippen LogP contribution in [0.25, 0.3) is 0 Å². The van der Waals surface area contributed by atoms with Gasteiger partial charge in [-0.15, -0.1) is 0 Å². The first kappa shape index (κ1) is 11.0. The Morgan fingerprint density at radius 3 is 2.67 bits per heavy atom. The second-order valence-electron chi connectivity index (χ2n) is 4.81. The van der Waals surface area contributed by atoms with E-state index in [0.29, 0.717) is 6.42 Å². The molecule has 0 saturated carbocycles. The molecule has 0 aromatic heterocycles. The Labute approximate surface area is 107 Å². The molecule has 90 valence electrons. The van der Waals surface area contributed by atoms with E-state index in [4.69, 9.17) is 0 Å². The van der Waals surface area contributed by atoms with E-state index in [-0.39, 0.29) is 11.8 Å². The third-order valence-electron chi connectivity index (χ3n) is 3.45. The third-order valence-corrected chi connectivity index (χ3v) is 3.45. The van der Waals surface area contributed by atoms with Gasteiger partial charge >= 0.3 is 0 Å². The molecular formula is C16H15NO. The zero-order valence-corrected chi connectivity index (χ0v) is 10.3. The Balaban J connectivity index is 2.12. The van der Waals surface area contributed by atoms with Gasteiger partial charge in [0.15, 0.2) is 0 Å². The number of rotatable bonds is 1. The Morgan fingerprint density at radius 1 is 1.11 bits per heavy atom. The summed E-state index contributed by atoms with van der Waals surface area (Å²) in [6.07, 6.45) is 0.528. The molecule has 0 spiro atoms. The Kier molecular flexibility index (Phi) is 2.63. The van der Waals surface area contributed by atoms with Crippen molar-refractivity contribution in [1.29, 1.82) is 0 Å². The van der Waals surface area contributed by atoms with Crippen LogP contribution in [0.2, 0.25) is 0 Å². The van der Waals surface area contributed by atoms with Gasteiger partial charge in [-0.1, -0.05) is 48.0 Å². The number of benzene rings is 2. The van der Waals surface area contributed by atoms with E-state index in [2.05, 4.69) is 30.4 Å². The fourth-order valence-electron chi connectivity index (χ4n) is 2.56. The minimum absolute atomic E-state index is 0.0974. The predicted molar refractivity (Wildman–Crippen MR) is 72.7 cm³/mol.